The number of carbonyl (C=O) groups is 1. The Kier molecular flexibility index (Phi) is 3.40. The van der Waals surface area contributed by atoms with Crippen LogP contribution >= 0.6 is 0 Å². The molecule has 22 heavy (non-hydrogen) atoms. The van der Waals surface area contributed by atoms with Gasteiger partial charge in [-0.2, -0.15) is 0 Å². The Labute approximate surface area is 131 Å². The Morgan fingerprint density at radius 3 is 2.82 bits per heavy atom. The number of imidazole rings is 1. The van der Waals surface area contributed by atoms with Crippen LogP contribution in [0.1, 0.15) is 48.2 Å². The number of hydrogen-bond acceptors (Lipinski definition) is 2. The van der Waals surface area contributed by atoms with E-state index in [-0.39, 0.29) is 5.91 Å². The minimum Gasteiger partial charge on any atom is -0.338 e. The molecule has 2 atom stereocenters. The van der Waals surface area contributed by atoms with Crippen LogP contribution in [0.3, 0.4) is 0 Å². The number of aromatic nitrogens is 2. The summed E-state index contributed by atoms with van der Waals surface area (Å²) >= 11 is 0. The van der Waals surface area contributed by atoms with Crippen LogP contribution in [0.25, 0.3) is 5.65 Å². The van der Waals surface area contributed by atoms with Gasteiger partial charge in [-0.1, -0.05) is 19.3 Å². The van der Waals surface area contributed by atoms with Gasteiger partial charge in [0.1, 0.15) is 5.65 Å². The molecular formula is C18H23N3O. The molecule has 1 aliphatic heterocycles. The van der Waals surface area contributed by atoms with Gasteiger partial charge in [-0.25, -0.2) is 4.98 Å². The van der Waals surface area contributed by atoms with E-state index in [9.17, 15) is 4.79 Å². The van der Waals surface area contributed by atoms with Crippen LogP contribution in [-0.4, -0.2) is 33.3 Å². The second-order valence-electron chi connectivity index (χ2n) is 6.91. The molecule has 0 spiro atoms. The van der Waals surface area contributed by atoms with Crippen molar-refractivity contribution in [3.05, 3.63) is 35.8 Å². The van der Waals surface area contributed by atoms with Crippen molar-refractivity contribution in [2.45, 2.75) is 39.0 Å². The SMILES string of the molecule is Cc1cn2cc(C(=O)N3CC[C@@H]4CCCC[C@H]4C3)ccc2n1. The molecular weight excluding hydrogens is 274 g/mol. The Morgan fingerprint density at radius 1 is 1.14 bits per heavy atom. The second kappa shape index (κ2) is 5.41. The Hall–Kier alpha value is -1.84. The highest BCUT2D eigenvalue weighted by atomic mass is 16.2. The molecule has 3 heterocycles. The molecule has 116 valence electrons. The molecule has 2 aromatic rings. The van der Waals surface area contributed by atoms with Gasteiger partial charge in [-0.05, 0) is 43.7 Å². The quantitative estimate of drug-likeness (QED) is 0.810. The normalized spacial score (nSPS) is 25.2. The lowest BCUT2D eigenvalue weighted by molar-refractivity contribution is 0.0520. The van der Waals surface area contributed by atoms with Crippen molar-refractivity contribution in [1.82, 2.24) is 14.3 Å². The maximum atomic E-state index is 12.8. The van der Waals surface area contributed by atoms with Gasteiger partial charge >= 0.3 is 0 Å². The lowest BCUT2D eigenvalue weighted by atomic mass is 9.75. The van der Waals surface area contributed by atoms with Crippen LogP contribution in [0.2, 0.25) is 0 Å². The van der Waals surface area contributed by atoms with Crippen LogP contribution in [0.5, 0.6) is 0 Å². The Morgan fingerprint density at radius 2 is 1.95 bits per heavy atom. The third-order valence-corrected chi connectivity index (χ3v) is 5.40. The zero-order chi connectivity index (χ0) is 15.1. The number of piperidine rings is 1. The first-order valence-corrected chi connectivity index (χ1v) is 8.45. The summed E-state index contributed by atoms with van der Waals surface area (Å²) in [6, 6.07) is 3.85. The van der Waals surface area contributed by atoms with Gasteiger partial charge in [0.2, 0.25) is 0 Å². The van der Waals surface area contributed by atoms with E-state index in [1.807, 2.05) is 35.9 Å². The summed E-state index contributed by atoms with van der Waals surface area (Å²) in [4.78, 5) is 19.3. The topological polar surface area (TPSA) is 37.6 Å². The number of fused-ring (bicyclic) bond motifs is 2. The van der Waals surface area contributed by atoms with Crippen molar-refractivity contribution in [3.8, 4) is 0 Å². The number of pyridine rings is 1. The number of nitrogens with zero attached hydrogens (tertiary/aromatic N) is 3. The first-order valence-electron chi connectivity index (χ1n) is 8.45. The molecule has 2 fully saturated rings. The van der Waals surface area contributed by atoms with Crippen LogP contribution in [0, 0.1) is 18.8 Å². The maximum absolute atomic E-state index is 12.8. The molecule has 2 aliphatic rings. The highest BCUT2D eigenvalue weighted by Gasteiger charge is 2.33. The van der Waals surface area contributed by atoms with E-state index in [1.54, 1.807) is 0 Å². The first-order chi connectivity index (χ1) is 10.7. The van der Waals surface area contributed by atoms with E-state index in [4.69, 9.17) is 0 Å². The Balaban J connectivity index is 1.54. The fourth-order valence-electron chi connectivity index (χ4n) is 4.21. The molecule has 4 nitrogen and oxygen atoms in total. The van der Waals surface area contributed by atoms with Gasteiger partial charge in [0, 0.05) is 25.5 Å². The van der Waals surface area contributed by atoms with Gasteiger partial charge in [0.05, 0.1) is 11.3 Å². The molecule has 1 saturated carbocycles. The van der Waals surface area contributed by atoms with Crippen LogP contribution in [-0.2, 0) is 0 Å². The summed E-state index contributed by atoms with van der Waals surface area (Å²) in [5.41, 5.74) is 2.66. The highest BCUT2D eigenvalue weighted by Crippen LogP contribution is 2.36. The van der Waals surface area contributed by atoms with E-state index in [2.05, 4.69) is 9.88 Å². The number of amides is 1. The fraction of sp³-hybridized carbons (Fsp3) is 0.556. The van der Waals surface area contributed by atoms with Gasteiger partial charge in [-0.15, -0.1) is 0 Å². The summed E-state index contributed by atoms with van der Waals surface area (Å²) in [5, 5.41) is 0. The van der Waals surface area contributed by atoms with Gasteiger partial charge in [0.25, 0.3) is 5.91 Å². The van der Waals surface area contributed by atoms with E-state index < -0.39 is 0 Å². The van der Waals surface area contributed by atoms with Crippen LogP contribution in [0.15, 0.2) is 24.5 Å². The highest BCUT2D eigenvalue weighted by molar-refractivity contribution is 5.94. The number of likely N-dealkylation sites (tertiary alicyclic amines) is 1. The fourth-order valence-corrected chi connectivity index (χ4v) is 4.21. The monoisotopic (exact) mass is 297 g/mol. The van der Waals surface area contributed by atoms with Crippen molar-refractivity contribution in [2.24, 2.45) is 11.8 Å². The zero-order valence-corrected chi connectivity index (χ0v) is 13.2. The largest absolute Gasteiger partial charge is 0.338 e. The minimum absolute atomic E-state index is 0.178. The average Bonchev–Trinajstić information content (AvgIpc) is 2.92. The summed E-state index contributed by atoms with van der Waals surface area (Å²) in [7, 11) is 0. The lowest BCUT2D eigenvalue weighted by Crippen LogP contribution is -2.44. The molecule has 1 amide bonds. The summed E-state index contributed by atoms with van der Waals surface area (Å²) in [5.74, 6) is 1.76. The van der Waals surface area contributed by atoms with Crippen molar-refractivity contribution in [3.63, 3.8) is 0 Å². The minimum atomic E-state index is 0.178. The number of hydrogen-bond donors (Lipinski definition) is 0. The number of carbonyl (C=O) groups excluding carboxylic acids is 1. The molecule has 2 aromatic heterocycles. The molecule has 1 aliphatic carbocycles. The van der Waals surface area contributed by atoms with Gasteiger partial charge in [0.15, 0.2) is 0 Å². The standard InChI is InChI=1S/C18H23N3O/c1-13-10-21-12-16(6-7-17(21)19-13)18(22)20-9-8-14-4-2-3-5-15(14)11-20/h6-7,10,12,14-15H,2-5,8-9,11H2,1H3/t14-,15-/m0/s1. The molecule has 4 rings (SSSR count). The lowest BCUT2D eigenvalue weighted by Gasteiger charge is -2.41. The summed E-state index contributed by atoms with van der Waals surface area (Å²) in [6.45, 7) is 3.84. The van der Waals surface area contributed by atoms with Crippen molar-refractivity contribution in [2.75, 3.05) is 13.1 Å². The van der Waals surface area contributed by atoms with Gasteiger partial charge < -0.3 is 9.30 Å². The van der Waals surface area contributed by atoms with Gasteiger partial charge in [-0.3, -0.25) is 4.79 Å². The number of rotatable bonds is 1. The van der Waals surface area contributed by atoms with E-state index >= 15 is 0 Å². The predicted molar refractivity (Wildman–Crippen MR) is 85.9 cm³/mol. The average molecular weight is 297 g/mol. The van der Waals surface area contributed by atoms with E-state index in [1.165, 1.54) is 32.1 Å². The smallest absolute Gasteiger partial charge is 0.255 e. The number of aryl methyl sites for hydroxylation is 1. The third-order valence-electron chi connectivity index (χ3n) is 5.40. The van der Waals surface area contributed by atoms with Crippen molar-refractivity contribution in [1.29, 1.82) is 0 Å². The molecule has 0 aromatic carbocycles. The Bertz CT molecular complexity index is 705. The molecule has 0 radical (unpaired) electrons. The van der Waals surface area contributed by atoms with E-state index in [0.29, 0.717) is 0 Å². The molecule has 4 heteroatoms. The first kappa shape index (κ1) is 13.8. The van der Waals surface area contributed by atoms with Crippen LogP contribution in [0.4, 0.5) is 0 Å². The maximum Gasteiger partial charge on any atom is 0.255 e. The van der Waals surface area contributed by atoms with Crippen molar-refractivity contribution >= 4 is 11.6 Å². The second-order valence-corrected chi connectivity index (χ2v) is 6.91. The molecule has 0 unspecified atom stereocenters. The van der Waals surface area contributed by atoms with E-state index in [0.717, 1.165) is 41.8 Å². The predicted octanol–water partition coefficient (Wildman–Crippen LogP) is 3.30. The summed E-state index contributed by atoms with van der Waals surface area (Å²) in [6.07, 6.45) is 10.5. The van der Waals surface area contributed by atoms with Crippen LogP contribution < -0.4 is 0 Å². The summed E-state index contributed by atoms with van der Waals surface area (Å²) < 4.78 is 1.95. The molecule has 0 N–H and O–H groups in total. The zero-order valence-electron chi connectivity index (χ0n) is 13.2. The third kappa shape index (κ3) is 2.40. The molecule has 1 saturated heterocycles. The molecule has 0 bridgehead atoms. The van der Waals surface area contributed by atoms with Crippen molar-refractivity contribution < 1.29 is 4.79 Å².